The first kappa shape index (κ1) is 25.3. The Labute approximate surface area is 201 Å². The van der Waals surface area contributed by atoms with E-state index in [0.29, 0.717) is 42.4 Å². The molecule has 0 spiro atoms. The van der Waals surface area contributed by atoms with E-state index in [9.17, 15) is 19.8 Å². The first-order valence-electron chi connectivity index (χ1n) is 11.6. The van der Waals surface area contributed by atoms with E-state index in [2.05, 4.69) is 13.8 Å². The number of aliphatic hydroxyl groups excluding tert-OH is 1. The molecule has 1 aliphatic rings. The molecule has 1 heterocycles. The van der Waals surface area contributed by atoms with Crippen LogP contribution in [0, 0.1) is 12.8 Å². The van der Waals surface area contributed by atoms with Crippen LogP contribution in [-0.4, -0.2) is 65.5 Å². The summed E-state index contributed by atoms with van der Waals surface area (Å²) in [6.07, 6.45) is 0.676. The summed E-state index contributed by atoms with van der Waals surface area (Å²) in [4.78, 5) is 29.7. The molecule has 3 rings (SSSR count). The van der Waals surface area contributed by atoms with Crippen molar-refractivity contribution in [1.29, 1.82) is 0 Å². The minimum atomic E-state index is -0.737. The molecule has 2 aromatic rings. The van der Waals surface area contributed by atoms with Crippen LogP contribution >= 0.6 is 0 Å². The predicted molar refractivity (Wildman–Crippen MR) is 132 cm³/mol. The smallest absolute Gasteiger partial charge is 0.295 e. The number of nitrogens with zero attached hydrogens (tertiary/aromatic N) is 2. The Morgan fingerprint density at radius 1 is 1.12 bits per heavy atom. The summed E-state index contributed by atoms with van der Waals surface area (Å²) in [6.45, 7) is 7.65. The zero-order valence-electron chi connectivity index (χ0n) is 20.5. The molecule has 0 bridgehead atoms. The molecule has 0 aliphatic carbocycles. The van der Waals surface area contributed by atoms with E-state index >= 15 is 0 Å². The highest BCUT2D eigenvalue weighted by atomic mass is 16.5. The van der Waals surface area contributed by atoms with Gasteiger partial charge in [0.15, 0.2) is 0 Å². The Morgan fingerprint density at radius 3 is 2.38 bits per heavy atom. The topological polar surface area (TPSA) is 90.3 Å². The normalized spacial score (nSPS) is 17.7. The number of aryl methyl sites for hydroxylation is 1. The summed E-state index contributed by atoms with van der Waals surface area (Å²) < 4.78 is 5.77. The van der Waals surface area contributed by atoms with E-state index in [4.69, 9.17) is 4.74 Å². The maximum Gasteiger partial charge on any atom is 0.295 e. The number of rotatable bonds is 9. The summed E-state index contributed by atoms with van der Waals surface area (Å²) in [5, 5.41) is 21.0. The number of carbonyl (C=O) groups excluding carboxylic acids is 2. The number of likely N-dealkylation sites (tertiary alicyclic amines) is 1. The number of benzene rings is 2. The Balaban J connectivity index is 2.04. The average Bonchev–Trinajstić information content (AvgIpc) is 3.02. The van der Waals surface area contributed by atoms with E-state index in [-0.39, 0.29) is 17.1 Å². The van der Waals surface area contributed by atoms with E-state index < -0.39 is 17.7 Å². The Kier molecular flexibility index (Phi) is 7.99. The van der Waals surface area contributed by atoms with Gasteiger partial charge in [0.1, 0.15) is 17.3 Å². The summed E-state index contributed by atoms with van der Waals surface area (Å²) in [7, 11) is 3.89. The van der Waals surface area contributed by atoms with Crippen molar-refractivity contribution in [2.75, 3.05) is 33.8 Å². The van der Waals surface area contributed by atoms with Gasteiger partial charge in [0.25, 0.3) is 11.7 Å². The third kappa shape index (κ3) is 5.59. The third-order valence-electron chi connectivity index (χ3n) is 5.79. The molecule has 2 aromatic carbocycles. The minimum Gasteiger partial charge on any atom is -0.508 e. The lowest BCUT2D eigenvalue weighted by molar-refractivity contribution is -0.139. The van der Waals surface area contributed by atoms with Crippen LogP contribution in [-0.2, 0) is 9.59 Å². The maximum absolute atomic E-state index is 13.1. The van der Waals surface area contributed by atoms with Crippen molar-refractivity contribution in [2.45, 2.75) is 33.2 Å². The maximum atomic E-state index is 13.1. The number of amides is 1. The van der Waals surface area contributed by atoms with Crippen molar-refractivity contribution < 1.29 is 24.5 Å². The average molecular weight is 467 g/mol. The highest BCUT2D eigenvalue weighted by molar-refractivity contribution is 6.46. The lowest BCUT2D eigenvalue weighted by Gasteiger charge is -2.26. The number of aliphatic hydroxyl groups is 1. The Bertz CT molecular complexity index is 1070. The second-order valence-corrected chi connectivity index (χ2v) is 9.42. The van der Waals surface area contributed by atoms with E-state index in [1.54, 1.807) is 24.3 Å². The van der Waals surface area contributed by atoms with Crippen LogP contribution in [0.5, 0.6) is 11.5 Å². The van der Waals surface area contributed by atoms with Crippen molar-refractivity contribution in [2.24, 2.45) is 5.92 Å². The molecule has 0 aromatic heterocycles. The molecule has 2 N–H and O–H groups in total. The largest absolute Gasteiger partial charge is 0.508 e. The monoisotopic (exact) mass is 466 g/mol. The minimum absolute atomic E-state index is 0.0551. The van der Waals surface area contributed by atoms with E-state index in [1.807, 2.05) is 32.0 Å². The molecule has 182 valence electrons. The van der Waals surface area contributed by atoms with E-state index in [0.717, 1.165) is 12.1 Å². The van der Waals surface area contributed by atoms with Crippen LogP contribution in [0.4, 0.5) is 0 Å². The quantitative estimate of drug-likeness (QED) is 0.328. The second-order valence-electron chi connectivity index (χ2n) is 9.42. The van der Waals surface area contributed by atoms with Crippen LogP contribution < -0.4 is 4.74 Å². The number of phenolic OH excluding ortho intramolecular Hbond substituents is 1. The van der Waals surface area contributed by atoms with Crippen LogP contribution in [0.3, 0.4) is 0 Å². The number of Topliss-reactive ketones (excluding diaryl/α,β-unsaturated/α-hetero) is 1. The van der Waals surface area contributed by atoms with Gasteiger partial charge in [-0.15, -0.1) is 0 Å². The van der Waals surface area contributed by atoms with Gasteiger partial charge in [-0.1, -0.05) is 26.0 Å². The van der Waals surface area contributed by atoms with Crippen LogP contribution in [0.2, 0.25) is 0 Å². The Morgan fingerprint density at radius 2 is 1.79 bits per heavy atom. The van der Waals surface area contributed by atoms with E-state index in [1.165, 1.54) is 17.0 Å². The Hall–Kier alpha value is -3.32. The van der Waals surface area contributed by atoms with Crippen molar-refractivity contribution in [3.05, 3.63) is 64.7 Å². The SMILES string of the molecule is Cc1cc(OCC(C)C)ccc1/C(O)=C1\C(=O)C(=O)N(CCCN(C)C)[C@H]1c1ccc(O)cc1. The number of phenols is 1. The molecule has 1 aliphatic heterocycles. The van der Waals surface area contributed by atoms with Crippen molar-refractivity contribution in [3.8, 4) is 11.5 Å². The zero-order valence-corrected chi connectivity index (χ0v) is 20.5. The molecule has 1 amide bonds. The fraction of sp³-hybridized carbons (Fsp3) is 0.407. The lowest BCUT2D eigenvalue weighted by atomic mass is 9.93. The van der Waals surface area contributed by atoms with Gasteiger partial charge in [0.05, 0.1) is 18.2 Å². The van der Waals surface area contributed by atoms with Gasteiger partial charge in [-0.25, -0.2) is 0 Å². The standard InChI is InChI=1S/C27H34N2O5/c1-17(2)16-34-21-11-12-22(18(3)15-21)25(31)23-24(19-7-9-20(30)10-8-19)29(27(33)26(23)32)14-6-13-28(4)5/h7-12,15,17,24,30-31H,6,13-14,16H2,1-5H3/b25-23+/t24-/m0/s1. The van der Waals surface area contributed by atoms with Gasteiger partial charge < -0.3 is 24.7 Å². The fourth-order valence-electron chi connectivity index (χ4n) is 4.07. The van der Waals surface area contributed by atoms with Gasteiger partial charge in [0, 0.05) is 12.1 Å². The number of hydrogen-bond donors (Lipinski definition) is 2. The molecule has 0 radical (unpaired) electrons. The van der Waals surface area contributed by atoms with Gasteiger partial charge >= 0.3 is 0 Å². The van der Waals surface area contributed by atoms with Crippen molar-refractivity contribution in [3.63, 3.8) is 0 Å². The molecular formula is C27H34N2O5. The summed E-state index contributed by atoms with van der Waals surface area (Å²) in [6, 6.07) is 10.9. The van der Waals surface area contributed by atoms with Crippen molar-refractivity contribution >= 4 is 17.4 Å². The van der Waals surface area contributed by atoms with Crippen LogP contribution in [0.1, 0.15) is 43.0 Å². The molecule has 7 heteroatoms. The second kappa shape index (κ2) is 10.7. The number of carbonyl (C=O) groups is 2. The van der Waals surface area contributed by atoms with Crippen LogP contribution in [0.15, 0.2) is 48.0 Å². The molecular weight excluding hydrogens is 432 g/mol. The molecule has 34 heavy (non-hydrogen) atoms. The molecule has 1 fully saturated rings. The summed E-state index contributed by atoms with van der Waals surface area (Å²) in [5.41, 5.74) is 1.92. The van der Waals surface area contributed by atoms with Gasteiger partial charge in [-0.05, 0) is 81.4 Å². The molecule has 0 unspecified atom stereocenters. The first-order valence-corrected chi connectivity index (χ1v) is 11.6. The van der Waals surface area contributed by atoms with Gasteiger partial charge in [-0.3, -0.25) is 9.59 Å². The van der Waals surface area contributed by atoms with Gasteiger partial charge in [0.2, 0.25) is 0 Å². The summed E-state index contributed by atoms with van der Waals surface area (Å²) >= 11 is 0. The fourth-order valence-corrected chi connectivity index (χ4v) is 4.07. The number of aromatic hydroxyl groups is 1. The molecule has 0 saturated carbocycles. The highest BCUT2D eigenvalue weighted by Crippen LogP contribution is 2.40. The number of ketones is 1. The van der Waals surface area contributed by atoms with Crippen LogP contribution in [0.25, 0.3) is 5.76 Å². The van der Waals surface area contributed by atoms with Gasteiger partial charge in [-0.2, -0.15) is 0 Å². The number of hydrogen-bond acceptors (Lipinski definition) is 6. The van der Waals surface area contributed by atoms with Crippen molar-refractivity contribution in [1.82, 2.24) is 9.80 Å². The molecule has 1 atom stereocenters. The lowest BCUT2D eigenvalue weighted by Crippen LogP contribution is -2.32. The first-order chi connectivity index (χ1) is 16.1. The predicted octanol–water partition coefficient (Wildman–Crippen LogP) is 4.11. The number of ether oxygens (including phenoxy) is 1. The highest BCUT2D eigenvalue weighted by Gasteiger charge is 2.45. The molecule has 1 saturated heterocycles. The summed E-state index contributed by atoms with van der Waals surface area (Å²) in [5.74, 6) is -0.405. The third-order valence-corrected chi connectivity index (χ3v) is 5.79. The zero-order chi connectivity index (χ0) is 25.0. The molecule has 7 nitrogen and oxygen atoms in total.